The second-order valence-electron chi connectivity index (χ2n) is 4.94. The van der Waals surface area contributed by atoms with Crippen LogP contribution in [0.3, 0.4) is 0 Å². The van der Waals surface area contributed by atoms with E-state index in [-0.39, 0.29) is 0 Å². The van der Waals surface area contributed by atoms with Gasteiger partial charge in [0.05, 0.1) is 11.1 Å². The summed E-state index contributed by atoms with van der Waals surface area (Å²) in [5.41, 5.74) is 6.64. The van der Waals surface area contributed by atoms with Gasteiger partial charge >= 0.3 is 0 Å². The van der Waals surface area contributed by atoms with E-state index >= 15 is 0 Å². The molecule has 118 valence electrons. The van der Waals surface area contributed by atoms with Gasteiger partial charge in [0.2, 0.25) is 0 Å². The van der Waals surface area contributed by atoms with Gasteiger partial charge in [-0.15, -0.1) is 0 Å². The van der Waals surface area contributed by atoms with Crippen LogP contribution in [0.1, 0.15) is 15.9 Å². The molecular formula is C18H14N4O2. The minimum absolute atomic E-state index is 0.361. The van der Waals surface area contributed by atoms with E-state index in [2.05, 4.69) is 20.8 Å². The van der Waals surface area contributed by atoms with Crippen LogP contribution < -0.4 is 10.9 Å². The molecule has 0 fully saturated rings. The fourth-order valence-electron chi connectivity index (χ4n) is 2.16. The minimum atomic E-state index is -0.444. The summed E-state index contributed by atoms with van der Waals surface area (Å²) in [6.07, 6.45) is 7.68. The van der Waals surface area contributed by atoms with Crippen LogP contribution in [0.25, 0.3) is 17.0 Å². The van der Waals surface area contributed by atoms with E-state index in [4.69, 9.17) is 0 Å². The molecule has 0 saturated carbocycles. The molecule has 0 aliphatic rings. The molecule has 2 heterocycles. The smallest absolute Gasteiger partial charge is 0.268 e. The van der Waals surface area contributed by atoms with Crippen LogP contribution in [-0.2, 0) is 4.79 Å². The molecule has 0 unspecified atom stereocenters. The monoisotopic (exact) mass is 318 g/mol. The summed E-state index contributed by atoms with van der Waals surface area (Å²) in [4.78, 5) is 31.8. The number of rotatable bonds is 3. The summed E-state index contributed by atoms with van der Waals surface area (Å²) in [7, 11) is 0. The zero-order valence-electron chi connectivity index (χ0n) is 12.6. The third-order valence-corrected chi connectivity index (χ3v) is 3.30. The zero-order chi connectivity index (χ0) is 16.8. The predicted molar refractivity (Wildman–Crippen MR) is 90.6 cm³/mol. The van der Waals surface area contributed by atoms with Gasteiger partial charge in [0.15, 0.2) is 0 Å². The summed E-state index contributed by atoms with van der Waals surface area (Å²) in [5.74, 6) is -0.878. The summed E-state index contributed by atoms with van der Waals surface area (Å²) >= 11 is 0. The Labute approximate surface area is 138 Å². The Morgan fingerprint density at radius 2 is 1.79 bits per heavy atom. The highest BCUT2D eigenvalue weighted by Gasteiger charge is 2.05. The van der Waals surface area contributed by atoms with E-state index in [0.29, 0.717) is 5.56 Å². The number of para-hydroxylation sites is 1. The van der Waals surface area contributed by atoms with Crippen LogP contribution in [0.5, 0.6) is 0 Å². The quantitative estimate of drug-likeness (QED) is 0.572. The molecule has 6 nitrogen and oxygen atoms in total. The van der Waals surface area contributed by atoms with Crippen molar-refractivity contribution in [2.24, 2.45) is 0 Å². The SMILES string of the molecule is O=C(/C=C/c1cccc2cccnc12)NNC(=O)c1cccnc1. The molecule has 0 radical (unpaired) electrons. The number of carbonyl (C=O) groups excluding carboxylic acids is 2. The lowest BCUT2D eigenvalue weighted by Gasteiger charge is -2.05. The largest absolute Gasteiger partial charge is 0.271 e. The third-order valence-electron chi connectivity index (χ3n) is 3.30. The van der Waals surface area contributed by atoms with E-state index in [1.54, 1.807) is 30.6 Å². The van der Waals surface area contributed by atoms with Crippen molar-refractivity contribution < 1.29 is 9.59 Å². The van der Waals surface area contributed by atoms with Crippen molar-refractivity contribution in [3.8, 4) is 0 Å². The number of hydrazine groups is 1. The Hall–Kier alpha value is -3.54. The highest BCUT2D eigenvalue weighted by molar-refractivity contribution is 5.98. The van der Waals surface area contributed by atoms with Crippen molar-refractivity contribution in [1.82, 2.24) is 20.8 Å². The standard InChI is InChI=1S/C18H14N4O2/c23-16(21-22-18(24)15-7-2-10-19-12-15)9-8-14-5-1-4-13-6-3-11-20-17(13)14/h1-12H,(H,21,23)(H,22,24)/b9-8+. The van der Waals surface area contributed by atoms with E-state index in [1.165, 1.54) is 12.3 Å². The van der Waals surface area contributed by atoms with E-state index in [0.717, 1.165) is 16.5 Å². The van der Waals surface area contributed by atoms with Gasteiger partial charge in [-0.3, -0.25) is 30.4 Å². The first kappa shape index (κ1) is 15.4. The van der Waals surface area contributed by atoms with Gasteiger partial charge in [-0.05, 0) is 24.3 Å². The van der Waals surface area contributed by atoms with Crippen molar-refractivity contribution in [3.63, 3.8) is 0 Å². The highest BCUT2D eigenvalue weighted by atomic mass is 16.2. The summed E-state index contributed by atoms with van der Waals surface area (Å²) < 4.78 is 0. The lowest BCUT2D eigenvalue weighted by atomic mass is 10.1. The van der Waals surface area contributed by atoms with Crippen molar-refractivity contribution in [2.75, 3.05) is 0 Å². The van der Waals surface area contributed by atoms with Gasteiger partial charge in [0.1, 0.15) is 0 Å². The normalized spacial score (nSPS) is 10.7. The topological polar surface area (TPSA) is 84.0 Å². The summed E-state index contributed by atoms with van der Waals surface area (Å²) in [6, 6.07) is 12.8. The molecule has 0 aliphatic heterocycles. The highest BCUT2D eigenvalue weighted by Crippen LogP contribution is 2.16. The van der Waals surface area contributed by atoms with E-state index < -0.39 is 11.8 Å². The average Bonchev–Trinajstić information content (AvgIpc) is 2.65. The first-order chi connectivity index (χ1) is 11.7. The Morgan fingerprint density at radius 1 is 0.958 bits per heavy atom. The number of nitrogens with one attached hydrogen (secondary N) is 2. The fourth-order valence-corrected chi connectivity index (χ4v) is 2.16. The molecule has 24 heavy (non-hydrogen) atoms. The number of fused-ring (bicyclic) bond motifs is 1. The molecule has 2 amide bonds. The maximum atomic E-state index is 11.8. The Bertz CT molecular complexity index is 902. The van der Waals surface area contributed by atoms with Crippen LogP contribution in [0.15, 0.2) is 67.1 Å². The molecule has 0 spiro atoms. The van der Waals surface area contributed by atoms with Gasteiger partial charge in [-0.1, -0.05) is 24.3 Å². The molecule has 0 atom stereocenters. The molecule has 6 heteroatoms. The first-order valence-electron chi connectivity index (χ1n) is 7.26. The lowest BCUT2D eigenvalue weighted by molar-refractivity contribution is -0.117. The first-order valence-corrected chi connectivity index (χ1v) is 7.26. The molecule has 0 saturated heterocycles. The Morgan fingerprint density at radius 3 is 2.62 bits per heavy atom. The number of aromatic nitrogens is 2. The number of nitrogens with zero attached hydrogens (tertiary/aromatic N) is 2. The molecule has 0 bridgehead atoms. The summed E-state index contributed by atoms with van der Waals surface area (Å²) in [5, 5.41) is 0.991. The molecular weight excluding hydrogens is 304 g/mol. The fraction of sp³-hybridized carbons (Fsp3) is 0. The van der Waals surface area contributed by atoms with Crippen molar-refractivity contribution in [2.45, 2.75) is 0 Å². The Kier molecular flexibility index (Phi) is 4.57. The maximum absolute atomic E-state index is 11.8. The Balaban J connectivity index is 1.64. The molecule has 1 aromatic carbocycles. The average molecular weight is 318 g/mol. The van der Waals surface area contributed by atoms with Crippen LogP contribution >= 0.6 is 0 Å². The maximum Gasteiger partial charge on any atom is 0.271 e. The molecule has 2 N–H and O–H groups in total. The number of benzene rings is 1. The van der Waals surface area contributed by atoms with Crippen LogP contribution in [0, 0.1) is 0 Å². The molecule has 0 aliphatic carbocycles. The van der Waals surface area contributed by atoms with E-state index in [1.807, 2.05) is 30.3 Å². The van der Waals surface area contributed by atoms with Crippen LogP contribution in [-0.4, -0.2) is 21.8 Å². The van der Waals surface area contributed by atoms with Crippen molar-refractivity contribution in [1.29, 1.82) is 0 Å². The zero-order valence-corrected chi connectivity index (χ0v) is 12.6. The van der Waals surface area contributed by atoms with E-state index in [9.17, 15) is 9.59 Å². The van der Waals surface area contributed by atoms with Crippen LogP contribution in [0.2, 0.25) is 0 Å². The van der Waals surface area contributed by atoms with Gasteiger partial charge in [0.25, 0.3) is 11.8 Å². The van der Waals surface area contributed by atoms with Crippen LogP contribution in [0.4, 0.5) is 0 Å². The number of hydrogen-bond donors (Lipinski definition) is 2. The second kappa shape index (κ2) is 7.15. The number of carbonyl (C=O) groups is 2. The van der Waals surface area contributed by atoms with Crippen molar-refractivity contribution >= 4 is 28.8 Å². The molecule has 3 aromatic rings. The number of pyridine rings is 2. The van der Waals surface area contributed by atoms with Gasteiger partial charge in [-0.2, -0.15) is 0 Å². The molecule has 2 aromatic heterocycles. The van der Waals surface area contributed by atoms with Gasteiger partial charge < -0.3 is 0 Å². The van der Waals surface area contributed by atoms with Gasteiger partial charge in [0, 0.05) is 35.6 Å². The predicted octanol–water partition coefficient (Wildman–Crippen LogP) is 2.10. The number of amides is 2. The lowest BCUT2D eigenvalue weighted by Crippen LogP contribution is -2.40. The summed E-state index contributed by atoms with van der Waals surface area (Å²) in [6.45, 7) is 0. The second-order valence-corrected chi connectivity index (χ2v) is 4.94. The third kappa shape index (κ3) is 3.61. The molecule has 3 rings (SSSR count). The van der Waals surface area contributed by atoms with Gasteiger partial charge in [-0.25, -0.2) is 0 Å². The minimum Gasteiger partial charge on any atom is -0.268 e. The van der Waals surface area contributed by atoms with Crippen molar-refractivity contribution in [3.05, 3.63) is 78.3 Å². The number of hydrogen-bond acceptors (Lipinski definition) is 4.